The van der Waals surface area contributed by atoms with E-state index in [1.807, 2.05) is 26.8 Å². The van der Waals surface area contributed by atoms with Gasteiger partial charge in [-0.15, -0.1) is 0 Å². The molecule has 1 aromatic carbocycles. The molecule has 0 atom stereocenters. The minimum absolute atomic E-state index is 0.285. The summed E-state index contributed by atoms with van der Waals surface area (Å²) in [6.45, 7) is 6.18. The lowest BCUT2D eigenvalue weighted by atomic mass is 10.2. The van der Waals surface area contributed by atoms with Gasteiger partial charge >= 0.3 is 0 Å². The molecule has 0 saturated heterocycles. The van der Waals surface area contributed by atoms with E-state index in [4.69, 9.17) is 5.73 Å². The van der Waals surface area contributed by atoms with Crippen LogP contribution >= 0.6 is 11.8 Å². The zero-order valence-corrected chi connectivity index (χ0v) is 12.0. The van der Waals surface area contributed by atoms with E-state index >= 15 is 0 Å². The summed E-state index contributed by atoms with van der Waals surface area (Å²) >= 11 is 1.23. The van der Waals surface area contributed by atoms with E-state index in [0.717, 1.165) is 22.5 Å². The van der Waals surface area contributed by atoms with Crippen LogP contribution in [0.1, 0.15) is 22.5 Å². The Kier molecular flexibility index (Phi) is 4.17. The van der Waals surface area contributed by atoms with Gasteiger partial charge in [0.2, 0.25) is 0 Å². The quantitative estimate of drug-likeness (QED) is 0.876. The second-order valence-corrected chi connectivity index (χ2v) is 5.38. The third-order valence-corrected chi connectivity index (χ3v) is 3.96. The van der Waals surface area contributed by atoms with Gasteiger partial charge < -0.3 is 5.73 Å². The van der Waals surface area contributed by atoms with Gasteiger partial charge in [-0.2, -0.15) is 0 Å². The first-order chi connectivity index (χ1) is 9.01. The molecule has 100 valence electrons. The van der Waals surface area contributed by atoms with Crippen LogP contribution in [0.3, 0.4) is 0 Å². The van der Waals surface area contributed by atoms with Gasteiger partial charge in [0.25, 0.3) is 0 Å². The van der Waals surface area contributed by atoms with Crippen molar-refractivity contribution in [3.63, 3.8) is 0 Å². The Morgan fingerprint density at radius 1 is 1.16 bits per heavy atom. The molecular formula is C14H16FN3S. The number of rotatable bonds is 3. The van der Waals surface area contributed by atoms with Crippen LogP contribution in [0.5, 0.6) is 0 Å². The highest BCUT2D eigenvalue weighted by molar-refractivity contribution is 7.99. The minimum atomic E-state index is -0.285. The van der Waals surface area contributed by atoms with Gasteiger partial charge in [-0.1, -0.05) is 6.07 Å². The molecule has 0 aliphatic carbocycles. The lowest BCUT2D eigenvalue weighted by molar-refractivity contribution is 0.599. The molecule has 0 unspecified atom stereocenters. The number of aryl methyl sites for hydroxylation is 2. The summed E-state index contributed by atoms with van der Waals surface area (Å²) in [5.41, 5.74) is 9.18. The largest absolute Gasteiger partial charge is 0.326 e. The van der Waals surface area contributed by atoms with Crippen molar-refractivity contribution < 1.29 is 4.39 Å². The SMILES string of the molecule is Cc1nc(Sc2ccc(CN)cc2F)nc(C)c1C. The van der Waals surface area contributed by atoms with Gasteiger partial charge in [-0.3, -0.25) is 0 Å². The lowest BCUT2D eigenvalue weighted by Gasteiger charge is -2.08. The third kappa shape index (κ3) is 3.11. The van der Waals surface area contributed by atoms with Crippen molar-refractivity contribution in [2.45, 2.75) is 37.4 Å². The van der Waals surface area contributed by atoms with Crippen molar-refractivity contribution >= 4 is 11.8 Å². The molecule has 0 aliphatic rings. The van der Waals surface area contributed by atoms with Gasteiger partial charge in [0, 0.05) is 17.9 Å². The van der Waals surface area contributed by atoms with Crippen molar-refractivity contribution in [1.29, 1.82) is 0 Å². The molecule has 0 saturated carbocycles. The molecule has 2 aromatic rings. The zero-order chi connectivity index (χ0) is 14.0. The van der Waals surface area contributed by atoms with Gasteiger partial charge in [-0.25, -0.2) is 14.4 Å². The third-order valence-electron chi connectivity index (χ3n) is 3.05. The molecule has 0 aliphatic heterocycles. The van der Waals surface area contributed by atoms with Crippen molar-refractivity contribution in [1.82, 2.24) is 9.97 Å². The van der Waals surface area contributed by atoms with Crippen LogP contribution in [0, 0.1) is 26.6 Å². The van der Waals surface area contributed by atoms with Gasteiger partial charge in [0.05, 0.1) is 4.90 Å². The number of nitrogens with zero attached hydrogens (tertiary/aromatic N) is 2. The van der Waals surface area contributed by atoms with Crippen LogP contribution in [-0.4, -0.2) is 9.97 Å². The van der Waals surface area contributed by atoms with Crippen molar-refractivity contribution in [2.24, 2.45) is 5.73 Å². The van der Waals surface area contributed by atoms with Crippen LogP contribution < -0.4 is 5.73 Å². The standard InChI is InChI=1S/C14H16FN3S/c1-8-9(2)17-14(18-10(8)3)19-13-5-4-11(7-16)6-12(13)15/h4-6H,7,16H2,1-3H3. The molecule has 0 amide bonds. The van der Waals surface area contributed by atoms with Gasteiger partial charge in [0.1, 0.15) is 5.82 Å². The van der Waals surface area contributed by atoms with Gasteiger partial charge in [-0.05, 0) is 55.8 Å². The molecule has 0 radical (unpaired) electrons. The topological polar surface area (TPSA) is 51.8 Å². The maximum absolute atomic E-state index is 13.9. The number of benzene rings is 1. The smallest absolute Gasteiger partial charge is 0.192 e. The van der Waals surface area contributed by atoms with Gasteiger partial charge in [0.15, 0.2) is 5.16 Å². The Hall–Kier alpha value is -1.46. The fourth-order valence-corrected chi connectivity index (χ4v) is 2.49. The molecule has 19 heavy (non-hydrogen) atoms. The minimum Gasteiger partial charge on any atom is -0.326 e. The Morgan fingerprint density at radius 2 is 1.79 bits per heavy atom. The van der Waals surface area contributed by atoms with E-state index < -0.39 is 0 Å². The number of aromatic nitrogens is 2. The predicted octanol–water partition coefficient (Wildman–Crippen LogP) is 3.15. The predicted molar refractivity (Wildman–Crippen MR) is 74.7 cm³/mol. The fraction of sp³-hybridized carbons (Fsp3) is 0.286. The van der Waals surface area contributed by atoms with Crippen molar-refractivity contribution in [3.05, 3.63) is 46.5 Å². The van der Waals surface area contributed by atoms with Crippen LogP contribution in [0.2, 0.25) is 0 Å². The first kappa shape index (κ1) is 14.0. The molecule has 0 fully saturated rings. The van der Waals surface area contributed by atoms with E-state index in [2.05, 4.69) is 9.97 Å². The molecule has 1 aromatic heterocycles. The van der Waals surface area contributed by atoms with E-state index in [1.54, 1.807) is 6.07 Å². The van der Waals surface area contributed by atoms with Crippen LogP contribution in [0.15, 0.2) is 28.3 Å². The molecule has 3 nitrogen and oxygen atoms in total. The average Bonchev–Trinajstić information content (AvgIpc) is 2.38. The molecule has 5 heteroatoms. The Morgan fingerprint density at radius 3 is 2.32 bits per heavy atom. The summed E-state index contributed by atoms with van der Waals surface area (Å²) in [5, 5.41) is 0.569. The molecule has 1 heterocycles. The van der Waals surface area contributed by atoms with Crippen molar-refractivity contribution in [2.75, 3.05) is 0 Å². The summed E-state index contributed by atoms with van der Waals surface area (Å²) in [7, 11) is 0. The fourth-order valence-electron chi connectivity index (χ4n) is 1.64. The second kappa shape index (κ2) is 5.67. The Labute approximate surface area is 116 Å². The second-order valence-electron chi connectivity index (χ2n) is 4.37. The summed E-state index contributed by atoms with van der Waals surface area (Å²) in [4.78, 5) is 9.26. The van der Waals surface area contributed by atoms with E-state index in [1.165, 1.54) is 17.8 Å². The molecule has 2 N–H and O–H groups in total. The Bertz CT molecular complexity index is 591. The maximum Gasteiger partial charge on any atom is 0.192 e. The average molecular weight is 277 g/mol. The van der Waals surface area contributed by atoms with Crippen molar-refractivity contribution in [3.8, 4) is 0 Å². The molecule has 0 spiro atoms. The molecular weight excluding hydrogens is 261 g/mol. The Balaban J connectivity index is 2.31. The first-order valence-electron chi connectivity index (χ1n) is 5.99. The first-order valence-corrected chi connectivity index (χ1v) is 6.81. The summed E-state index contributed by atoms with van der Waals surface area (Å²) in [6, 6.07) is 4.99. The van der Waals surface area contributed by atoms with Crippen LogP contribution in [-0.2, 0) is 6.54 Å². The monoisotopic (exact) mass is 277 g/mol. The zero-order valence-electron chi connectivity index (χ0n) is 11.2. The molecule has 2 rings (SSSR count). The normalized spacial score (nSPS) is 10.8. The van der Waals surface area contributed by atoms with E-state index in [9.17, 15) is 4.39 Å². The summed E-state index contributed by atoms with van der Waals surface area (Å²) in [6.07, 6.45) is 0. The number of hydrogen-bond donors (Lipinski definition) is 1. The number of halogens is 1. The highest BCUT2D eigenvalue weighted by Crippen LogP contribution is 2.28. The number of nitrogens with two attached hydrogens (primary N) is 1. The highest BCUT2D eigenvalue weighted by atomic mass is 32.2. The lowest BCUT2D eigenvalue weighted by Crippen LogP contribution is -1.99. The van der Waals surface area contributed by atoms with Crippen LogP contribution in [0.25, 0.3) is 0 Å². The van der Waals surface area contributed by atoms with E-state index in [0.29, 0.717) is 16.6 Å². The summed E-state index contributed by atoms with van der Waals surface area (Å²) in [5.74, 6) is -0.285. The number of hydrogen-bond acceptors (Lipinski definition) is 4. The van der Waals surface area contributed by atoms with Crippen LogP contribution in [0.4, 0.5) is 4.39 Å². The highest BCUT2D eigenvalue weighted by Gasteiger charge is 2.10. The summed E-state index contributed by atoms with van der Waals surface area (Å²) < 4.78 is 13.9. The van der Waals surface area contributed by atoms with E-state index in [-0.39, 0.29) is 5.82 Å². The molecule has 0 bridgehead atoms. The maximum atomic E-state index is 13.9.